The number of aryl methyl sites for hydroxylation is 1. The minimum Gasteiger partial charge on any atom is -0.366 e. The molecule has 1 aliphatic rings. The maximum atomic E-state index is 12.7. The zero-order valence-electron chi connectivity index (χ0n) is 16.7. The van der Waals surface area contributed by atoms with Gasteiger partial charge in [-0.3, -0.25) is 9.59 Å². The van der Waals surface area contributed by atoms with Gasteiger partial charge in [-0.15, -0.1) is 0 Å². The Bertz CT molecular complexity index is 854. The van der Waals surface area contributed by atoms with Crippen LogP contribution >= 0.6 is 11.8 Å². The lowest BCUT2D eigenvalue weighted by atomic mass is 9.95. The number of amides is 2. The molecule has 0 spiro atoms. The van der Waals surface area contributed by atoms with Crippen LogP contribution in [0.5, 0.6) is 0 Å². The number of hydrogen-bond acceptors (Lipinski definition) is 4. The maximum Gasteiger partial charge on any atom is 0.248 e. The number of benzene rings is 1. The number of primary amides is 1. The fraction of sp³-hybridized carbons (Fsp3) is 0.476. The van der Waals surface area contributed by atoms with Crippen LogP contribution < -0.4 is 11.1 Å². The molecule has 1 aromatic heterocycles. The van der Waals surface area contributed by atoms with Gasteiger partial charge in [0.1, 0.15) is 0 Å². The van der Waals surface area contributed by atoms with E-state index < -0.39 is 5.91 Å². The Morgan fingerprint density at radius 1 is 1.18 bits per heavy atom. The van der Waals surface area contributed by atoms with Gasteiger partial charge < -0.3 is 15.6 Å². The van der Waals surface area contributed by atoms with Gasteiger partial charge in [-0.1, -0.05) is 31.0 Å². The van der Waals surface area contributed by atoms with E-state index in [0.29, 0.717) is 17.3 Å². The van der Waals surface area contributed by atoms with Crippen LogP contribution in [0.2, 0.25) is 0 Å². The highest BCUT2D eigenvalue weighted by molar-refractivity contribution is 8.00. The van der Waals surface area contributed by atoms with E-state index >= 15 is 0 Å². The molecule has 28 heavy (non-hydrogen) atoms. The number of carbonyl (C=O) groups excluding carboxylic acids is 2. The van der Waals surface area contributed by atoms with Gasteiger partial charge in [0, 0.05) is 23.0 Å². The average Bonchev–Trinajstić information content (AvgIpc) is 2.96. The van der Waals surface area contributed by atoms with Crippen LogP contribution in [-0.2, 0) is 4.79 Å². The number of anilines is 1. The van der Waals surface area contributed by atoms with Crippen molar-refractivity contribution in [3.63, 3.8) is 0 Å². The summed E-state index contributed by atoms with van der Waals surface area (Å²) in [5.41, 5.74) is 8.54. The van der Waals surface area contributed by atoms with Gasteiger partial charge in [0.15, 0.2) is 5.16 Å². The summed E-state index contributed by atoms with van der Waals surface area (Å²) in [6, 6.07) is 7.07. The van der Waals surface area contributed by atoms with E-state index in [2.05, 4.69) is 16.8 Å². The number of aromatic nitrogens is 2. The molecule has 1 atom stereocenters. The Morgan fingerprint density at radius 3 is 2.43 bits per heavy atom. The van der Waals surface area contributed by atoms with Crippen molar-refractivity contribution >= 4 is 29.3 Å². The Labute approximate surface area is 170 Å². The highest BCUT2D eigenvalue weighted by Crippen LogP contribution is 2.35. The molecular formula is C21H28N4O2S. The van der Waals surface area contributed by atoms with Crippen LogP contribution in [0.25, 0.3) is 0 Å². The van der Waals surface area contributed by atoms with Crippen molar-refractivity contribution in [2.45, 2.75) is 69.3 Å². The lowest BCUT2D eigenvalue weighted by molar-refractivity contribution is -0.115. The van der Waals surface area contributed by atoms with Crippen LogP contribution in [0.15, 0.2) is 29.4 Å². The molecule has 1 fully saturated rings. The van der Waals surface area contributed by atoms with Crippen molar-refractivity contribution in [3.05, 3.63) is 41.2 Å². The lowest BCUT2D eigenvalue weighted by Gasteiger charge is -2.26. The summed E-state index contributed by atoms with van der Waals surface area (Å²) in [4.78, 5) is 28.6. The fourth-order valence-corrected chi connectivity index (χ4v) is 4.69. The summed E-state index contributed by atoms with van der Waals surface area (Å²) in [6.45, 7) is 6.04. The number of nitrogens with zero attached hydrogens (tertiary/aromatic N) is 2. The fourth-order valence-electron chi connectivity index (χ4n) is 3.62. The molecule has 2 aromatic rings. The Hall–Kier alpha value is -2.28. The van der Waals surface area contributed by atoms with Crippen molar-refractivity contribution in [2.24, 2.45) is 5.73 Å². The van der Waals surface area contributed by atoms with E-state index in [-0.39, 0.29) is 11.2 Å². The topological polar surface area (TPSA) is 90.0 Å². The van der Waals surface area contributed by atoms with E-state index in [0.717, 1.165) is 10.9 Å². The van der Waals surface area contributed by atoms with Crippen molar-refractivity contribution in [3.8, 4) is 0 Å². The number of nitrogens with one attached hydrogen (secondary N) is 1. The summed E-state index contributed by atoms with van der Waals surface area (Å²) in [6.07, 6.45) is 6.17. The average molecular weight is 401 g/mol. The van der Waals surface area contributed by atoms with Crippen molar-refractivity contribution in [2.75, 3.05) is 5.32 Å². The third-order valence-corrected chi connectivity index (χ3v) is 6.45. The molecule has 3 N–H and O–H groups in total. The van der Waals surface area contributed by atoms with Crippen molar-refractivity contribution in [1.82, 2.24) is 9.55 Å². The summed E-state index contributed by atoms with van der Waals surface area (Å²) < 4.78 is 2.34. The normalized spacial score (nSPS) is 16.0. The molecule has 7 heteroatoms. The Kier molecular flexibility index (Phi) is 6.44. The highest BCUT2D eigenvalue weighted by Gasteiger charge is 2.25. The van der Waals surface area contributed by atoms with E-state index in [9.17, 15) is 9.59 Å². The number of imidazole rings is 1. The third-order valence-electron chi connectivity index (χ3n) is 5.38. The smallest absolute Gasteiger partial charge is 0.248 e. The predicted molar refractivity (Wildman–Crippen MR) is 113 cm³/mol. The van der Waals surface area contributed by atoms with E-state index in [4.69, 9.17) is 10.7 Å². The molecule has 150 valence electrons. The standard InChI is InChI=1S/C21H28N4O2S/c1-13-14(2)25(18-7-5-4-6-8-18)21(23-13)28-15(3)20(27)24-17-11-9-16(10-12-17)19(22)26/h9-12,15,18H,4-8H2,1-3H3,(H2,22,26)(H,24,27)/t15-/m0/s1. The Morgan fingerprint density at radius 2 is 1.82 bits per heavy atom. The van der Waals surface area contributed by atoms with Gasteiger partial charge in [0.25, 0.3) is 0 Å². The summed E-state index contributed by atoms with van der Waals surface area (Å²) in [5.74, 6) is -0.576. The van der Waals surface area contributed by atoms with Gasteiger partial charge in [-0.25, -0.2) is 4.98 Å². The zero-order chi connectivity index (χ0) is 20.3. The number of thioether (sulfide) groups is 1. The second kappa shape index (κ2) is 8.82. The first-order chi connectivity index (χ1) is 13.4. The highest BCUT2D eigenvalue weighted by atomic mass is 32.2. The third kappa shape index (κ3) is 4.58. The molecule has 0 radical (unpaired) electrons. The first-order valence-corrected chi connectivity index (χ1v) is 10.7. The van der Waals surface area contributed by atoms with Crippen LogP contribution in [-0.4, -0.2) is 26.6 Å². The predicted octanol–water partition coefficient (Wildman–Crippen LogP) is 4.22. The summed E-state index contributed by atoms with van der Waals surface area (Å²) >= 11 is 1.50. The molecule has 0 saturated heterocycles. The molecule has 6 nitrogen and oxygen atoms in total. The minimum absolute atomic E-state index is 0.0923. The number of rotatable bonds is 6. The van der Waals surface area contributed by atoms with E-state index in [1.807, 2.05) is 13.8 Å². The SMILES string of the molecule is Cc1nc(S[C@@H](C)C(=O)Nc2ccc(C(N)=O)cc2)n(C2CCCCC2)c1C. The molecule has 1 aromatic carbocycles. The minimum atomic E-state index is -0.484. The van der Waals surface area contributed by atoms with Gasteiger partial charge >= 0.3 is 0 Å². The molecule has 1 heterocycles. The molecule has 1 saturated carbocycles. The molecule has 0 unspecified atom stereocenters. The zero-order valence-corrected chi connectivity index (χ0v) is 17.5. The quantitative estimate of drug-likeness (QED) is 0.710. The first kappa shape index (κ1) is 20.5. The van der Waals surface area contributed by atoms with Crippen molar-refractivity contribution < 1.29 is 9.59 Å². The molecule has 0 aliphatic heterocycles. The molecule has 1 aliphatic carbocycles. The maximum absolute atomic E-state index is 12.7. The van der Waals surface area contributed by atoms with Gasteiger partial charge in [0.2, 0.25) is 11.8 Å². The Balaban J connectivity index is 1.70. The van der Waals surface area contributed by atoms with Crippen LogP contribution in [0.4, 0.5) is 5.69 Å². The van der Waals surface area contributed by atoms with Gasteiger partial charge in [-0.2, -0.15) is 0 Å². The largest absolute Gasteiger partial charge is 0.366 e. The molecule has 3 rings (SSSR count). The number of hydrogen-bond donors (Lipinski definition) is 2. The number of carbonyl (C=O) groups is 2. The second-order valence-corrected chi connectivity index (χ2v) is 8.73. The summed E-state index contributed by atoms with van der Waals surface area (Å²) in [7, 11) is 0. The van der Waals surface area contributed by atoms with Crippen LogP contribution in [0.3, 0.4) is 0 Å². The first-order valence-electron chi connectivity index (χ1n) is 9.79. The molecule has 2 amide bonds. The summed E-state index contributed by atoms with van der Waals surface area (Å²) in [5, 5.41) is 3.53. The second-order valence-electron chi connectivity index (χ2n) is 7.42. The monoisotopic (exact) mass is 400 g/mol. The molecule has 0 bridgehead atoms. The van der Waals surface area contributed by atoms with Gasteiger partial charge in [-0.05, 0) is 57.9 Å². The van der Waals surface area contributed by atoms with Gasteiger partial charge in [0.05, 0.1) is 10.9 Å². The van der Waals surface area contributed by atoms with E-state index in [1.54, 1.807) is 24.3 Å². The number of nitrogens with two attached hydrogens (primary N) is 1. The van der Waals surface area contributed by atoms with Crippen molar-refractivity contribution in [1.29, 1.82) is 0 Å². The van der Waals surface area contributed by atoms with E-state index in [1.165, 1.54) is 49.6 Å². The van der Waals surface area contributed by atoms with Crippen LogP contribution in [0.1, 0.15) is 66.8 Å². The van der Waals surface area contributed by atoms with Crippen LogP contribution in [0, 0.1) is 13.8 Å². The molecular weight excluding hydrogens is 372 g/mol. The lowest BCUT2D eigenvalue weighted by Crippen LogP contribution is -2.23.